The van der Waals surface area contributed by atoms with Gasteiger partial charge in [0.2, 0.25) is 0 Å². The highest BCUT2D eigenvalue weighted by Gasteiger charge is 2.28. The van der Waals surface area contributed by atoms with Gasteiger partial charge in [-0.15, -0.1) is 0 Å². The molecule has 5 nitrogen and oxygen atoms in total. The summed E-state index contributed by atoms with van der Waals surface area (Å²) in [5, 5.41) is 4.42. The highest BCUT2D eigenvalue weighted by molar-refractivity contribution is 9.10. The van der Waals surface area contributed by atoms with Crippen LogP contribution < -0.4 is 5.73 Å². The summed E-state index contributed by atoms with van der Waals surface area (Å²) < 4.78 is 11.1. The van der Waals surface area contributed by atoms with E-state index in [0.29, 0.717) is 22.3 Å². The first-order valence-electron chi connectivity index (χ1n) is 5.51. The van der Waals surface area contributed by atoms with Crippen LogP contribution in [0.1, 0.15) is 12.7 Å². The molecule has 0 saturated heterocycles. The Hall–Kier alpha value is -0.950. The zero-order chi connectivity index (χ0) is 14.0. The second-order valence-electron chi connectivity index (χ2n) is 4.40. The van der Waals surface area contributed by atoms with Gasteiger partial charge in [0.15, 0.2) is 5.82 Å². The van der Waals surface area contributed by atoms with Gasteiger partial charge in [-0.3, -0.25) is 0 Å². The Morgan fingerprint density at radius 3 is 2.95 bits per heavy atom. The fourth-order valence-electron chi connectivity index (χ4n) is 1.59. The normalized spacial score (nSPS) is 14.4. The van der Waals surface area contributed by atoms with Crippen LogP contribution in [0.5, 0.6) is 0 Å². The molecule has 2 N–H and O–H groups in total. The van der Waals surface area contributed by atoms with Gasteiger partial charge in [-0.2, -0.15) is 4.98 Å². The molecule has 1 aromatic carbocycles. The van der Waals surface area contributed by atoms with Crippen LogP contribution in [0.4, 0.5) is 0 Å². The molecule has 19 heavy (non-hydrogen) atoms. The Bertz CT molecular complexity index is 586. The molecule has 7 heteroatoms. The topological polar surface area (TPSA) is 74.2 Å². The highest BCUT2D eigenvalue weighted by atomic mass is 79.9. The monoisotopic (exact) mass is 345 g/mol. The second-order valence-corrected chi connectivity index (χ2v) is 5.72. The number of halogens is 2. The van der Waals surface area contributed by atoms with Crippen molar-refractivity contribution >= 4 is 27.5 Å². The summed E-state index contributed by atoms with van der Waals surface area (Å²) in [5.74, 6) is 0.703. The van der Waals surface area contributed by atoms with Crippen molar-refractivity contribution in [3.63, 3.8) is 0 Å². The van der Waals surface area contributed by atoms with Crippen molar-refractivity contribution < 1.29 is 9.26 Å². The number of ether oxygens (including phenoxy) is 1. The van der Waals surface area contributed by atoms with Crippen LogP contribution in [0.2, 0.25) is 5.02 Å². The highest BCUT2D eigenvalue weighted by Crippen LogP contribution is 2.30. The molecule has 0 saturated carbocycles. The van der Waals surface area contributed by atoms with Crippen molar-refractivity contribution in [3.05, 3.63) is 33.5 Å². The maximum Gasteiger partial charge on any atom is 0.259 e. The summed E-state index contributed by atoms with van der Waals surface area (Å²) in [6, 6.07) is 5.40. The number of hydrogen-bond donors (Lipinski definition) is 1. The van der Waals surface area contributed by atoms with Crippen LogP contribution in [-0.2, 0) is 10.3 Å². The van der Waals surface area contributed by atoms with Gasteiger partial charge in [0.05, 0.1) is 17.2 Å². The van der Waals surface area contributed by atoms with E-state index in [2.05, 4.69) is 26.1 Å². The van der Waals surface area contributed by atoms with E-state index in [-0.39, 0.29) is 6.61 Å². The third kappa shape index (κ3) is 3.14. The van der Waals surface area contributed by atoms with Crippen LogP contribution in [0, 0.1) is 0 Å². The molecule has 0 bridgehead atoms. The molecule has 0 aliphatic carbocycles. The van der Waals surface area contributed by atoms with E-state index in [1.807, 2.05) is 12.1 Å². The number of nitrogens with zero attached hydrogens (tertiary/aromatic N) is 2. The Labute approximate surface area is 124 Å². The maximum absolute atomic E-state index is 6.11. The van der Waals surface area contributed by atoms with Gasteiger partial charge in [0.25, 0.3) is 5.89 Å². The van der Waals surface area contributed by atoms with E-state index in [1.165, 1.54) is 0 Å². The predicted molar refractivity (Wildman–Crippen MR) is 75.9 cm³/mol. The van der Waals surface area contributed by atoms with Crippen LogP contribution >= 0.6 is 27.5 Å². The standard InChI is InChI=1S/C12H13BrClN3O2/c1-12(15,6-18-2)11-16-10(19-17-11)8-5-7(13)3-4-9(8)14/h3-5H,6,15H2,1-2H3. The molecule has 2 rings (SSSR count). The molecule has 2 aromatic rings. The Morgan fingerprint density at radius 1 is 1.53 bits per heavy atom. The molecule has 0 aliphatic heterocycles. The zero-order valence-electron chi connectivity index (χ0n) is 10.5. The maximum atomic E-state index is 6.11. The molecular formula is C12H13BrClN3O2. The summed E-state index contributed by atoms with van der Waals surface area (Å²) in [4.78, 5) is 4.28. The van der Waals surface area contributed by atoms with E-state index < -0.39 is 5.54 Å². The third-order valence-corrected chi connectivity index (χ3v) is 3.36. The van der Waals surface area contributed by atoms with Crippen molar-refractivity contribution in [2.24, 2.45) is 5.73 Å². The minimum absolute atomic E-state index is 0.290. The van der Waals surface area contributed by atoms with Gasteiger partial charge in [-0.25, -0.2) is 0 Å². The molecule has 0 fully saturated rings. The summed E-state index contributed by atoms with van der Waals surface area (Å²) >= 11 is 9.48. The van der Waals surface area contributed by atoms with Crippen LogP contribution in [-0.4, -0.2) is 23.9 Å². The molecular weight excluding hydrogens is 334 g/mol. The summed E-state index contributed by atoms with van der Waals surface area (Å²) in [7, 11) is 1.57. The van der Waals surface area contributed by atoms with Crippen molar-refractivity contribution in [1.82, 2.24) is 10.1 Å². The van der Waals surface area contributed by atoms with Crippen LogP contribution in [0.25, 0.3) is 11.5 Å². The average Bonchev–Trinajstić information content (AvgIpc) is 2.82. The summed E-state index contributed by atoms with van der Waals surface area (Å²) in [6.07, 6.45) is 0. The van der Waals surface area contributed by atoms with Crippen LogP contribution in [0.3, 0.4) is 0 Å². The lowest BCUT2D eigenvalue weighted by Gasteiger charge is -2.18. The number of hydrogen-bond acceptors (Lipinski definition) is 5. The molecule has 0 spiro atoms. The number of rotatable bonds is 4. The van der Waals surface area contributed by atoms with Crippen LogP contribution in [0.15, 0.2) is 27.2 Å². The van der Waals surface area contributed by atoms with Gasteiger partial charge in [0, 0.05) is 11.6 Å². The van der Waals surface area contributed by atoms with E-state index >= 15 is 0 Å². The Kier molecular flexibility index (Phi) is 4.25. The lowest BCUT2D eigenvalue weighted by molar-refractivity contribution is 0.135. The van der Waals surface area contributed by atoms with Gasteiger partial charge >= 0.3 is 0 Å². The quantitative estimate of drug-likeness (QED) is 0.921. The molecule has 1 atom stereocenters. The summed E-state index contributed by atoms with van der Waals surface area (Å²) in [5.41, 5.74) is 5.90. The molecule has 0 amide bonds. The predicted octanol–water partition coefficient (Wildman–Crippen LogP) is 2.97. The molecule has 1 unspecified atom stereocenters. The van der Waals surface area contributed by atoms with Crippen molar-refractivity contribution in [2.75, 3.05) is 13.7 Å². The molecule has 102 valence electrons. The number of aromatic nitrogens is 2. The Morgan fingerprint density at radius 2 is 2.26 bits per heavy atom. The first-order chi connectivity index (χ1) is 8.94. The van der Waals surface area contributed by atoms with Gasteiger partial charge in [-0.1, -0.05) is 32.7 Å². The SMILES string of the molecule is COCC(C)(N)c1noc(-c2cc(Br)ccc2Cl)n1. The fourth-order valence-corrected chi connectivity index (χ4v) is 2.15. The average molecular weight is 347 g/mol. The van der Waals surface area contributed by atoms with E-state index in [9.17, 15) is 0 Å². The minimum atomic E-state index is -0.811. The molecule has 0 aliphatic rings. The number of benzene rings is 1. The molecule has 1 heterocycles. The van der Waals surface area contributed by atoms with Crippen molar-refractivity contribution in [3.8, 4) is 11.5 Å². The summed E-state index contributed by atoms with van der Waals surface area (Å²) in [6.45, 7) is 2.06. The van der Waals surface area contributed by atoms with E-state index in [4.69, 9.17) is 26.6 Å². The molecule has 0 radical (unpaired) electrons. The van der Waals surface area contributed by atoms with E-state index in [0.717, 1.165) is 4.47 Å². The van der Waals surface area contributed by atoms with E-state index in [1.54, 1.807) is 20.1 Å². The Balaban J connectivity index is 2.38. The van der Waals surface area contributed by atoms with Gasteiger partial charge in [0.1, 0.15) is 5.54 Å². The molecule has 1 aromatic heterocycles. The lowest BCUT2D eigenvalue weighted by Crippen LogP contribution is -2.38. The second kappa shape index (κ2) is 5.58. The number of methoxy groups -OCH3 is 1. The number of nitrogens with two attached hydrogens (primary N) is 1. The van der Waals surface area contributed by atoms with Crippen molar-refractivity contribution in [2.45, 2.75) is 12.5 Å². The largest absolute Gasteiger partial charge is 0.382 e. The third-order valence-electron chi connectivity index (χ3n) is 2.54. The first kappa shape index (κ1) is 14.5. The van der Waals surface area contributed by atoms with Crippen molar-refractivity contribution in [1.29, 1.82) is 0 Å². The fraction of sp³-hybridized carbons (Fsp3) is 0.333. The smallest absolute Gasteiger partial charge is 0.259 e. The zero-order valence-corrected chi connectivity index (χ0v) is 12.8. The van der Waals surface area contributed by atoms with Gasteiger partial charge < -0.3 is 15.0 Å². The van der Waals surface area contributed by atoms with Gasteiger partial charge in [-0.05, 0) is 25.1 Å². The first-order valence-corrected chi connectivity index (χ1v) is 6.68. The minimum Gasteiger partial charge on any atom is -0.382 e. The lowest BCUT2D eigenvalue weighted by atomic mass is 10.1.